The van der Waals surface area contributed by atoms with Crippen molar-refractivity contribution in [1.82, 2.24) is 0 Å². The van der Waals surface area contributed by atoms with Crippen molar-refractivity contribution in [2.45, 2.75) is 25.5 Å². The quantitative estimate of drug-likeness (QED) is 0.866. The van der Waals surface area contributed by atoms with Crippen molar-refractivity contribution in [3.05, 3.63) is 35.4 Å². The monoisotopic (exact) mass is 291 g/mol. The maximum atomic E-state index is 10.6. The SMILES string of the molecule is Cc1cc(N2CCSC(C)(C)C2)ccc1/C=C/C(=O)O. The molecule has 0 bridgehead atoms. The van der Waals surface area contributed by atoms with Crippen LogP contribution in [0.25, 0.3) is 6.08 Å². The van der Waals surface area contributed by atoms with Gasteiger partial charge in [0.2, 0.25) is 0 Å². The molecule has 0 unspecified atom stereocenters. The average Bonchev–Trinajstić information content (AvgIpc) is 2.36. The van der Waals surface area contributed by atoms with E-state index in [-0.39, 0.29) is 4.75 Å². The summed E-state index contributed by atoms with van der Waals surface area (Å²) in [7, 11) is 0. The molecule has 1 heterocycles. The zero-order chi connectivity index (χ0) is 14.8. The van der Waals surface area contributed by atoms with Crippen LogP contribution in [0.15, 0.2) is 24.3 Å². The van der Waals surface area contributed by atoms with Gasteiger partial charge in [0.25, 0.3) is 0 Å². The van der Waals surface area contributed by atoms with Gasteiger partial charge in [-0.2, -0.15) is 11.8 Å². The number of rotatable bonds is 3. The number of anilines is 1. The minimum atomic E-state index is -0.914. The average molecular weight is 291 g/mol. The molecule has 108 valence electrons. The Morgan fingerprint density at radius 1 is 1.45 bits per heavy atom. The Morgan fingerprint density at radius 2 is 2.20 bits per heavy atom. The summed E-state index contributed by atoms with van der Waals surface area (Å²) in [5.41, 5.74) is 3.29. The number of aryl methyl sites for hydroxylation is 1. The molecular formula is C16H21NO2S. The number of carboxylic acids is 1. The highest BCUT2D eigenvalue weighted by molar-refractivity contribution is 8.00. The van der Waals surface area contributed by atoms with E-state index in [4.69, 9.17) is 5.11 Å². The third-order valence-corrected chi connectivity index (χ3v) is 4.75. The highest BCUT2D eigenvalue weighted by Crippen LogP contribution is 2.32. The number of nitrogens with zero attached hydrogens (tertiary/aromatic N) is 1. The molecule has 1 fully saturated rings. The summed E-state index contributed by atoms with van der Waals surface area (Å²) in [5, 5.41) is 8.68. The highest BCUT2D eigenvalue weighted by Gasteiger charge is 2.27. The van der Waals surface area contributed by atoms with Gasteiger partial charge < -0.3 is 10.0 Å². The van der Waals surface area contributed by atoms with Crippen LogP contribution in [0.5, 0.6) is 0 Å². The van der Waals surface area contributed by atoms with Gasteiger partial charge in [-0.25, -0.2) is 4.79 Å². The van der Waals surface area contributed by atoms with Crippen molar-refractivity contribution in [1.29, 1.82) is 0 Å². The number of carbonyl (C=O) groups is 1. The lowest BCUT2D eigenvalue weighted by molar-refractivity contribution is -0.131. The Kier molecular flexibility index (Phi) is 4.43. The van der Waals surface area contributed by atoms with Gasteiger partial charge in [0, 0.05) is 35.4 Å². The summed E-state index contributed by atoms with van der Waals surface area (Å²) in [4.78, 5) is 13.0. The summed E-state index contributed by atoms with van der Waals surface area (Å²) in [6.45, 7) is 8.69. The molecule has 0 atom stereocenters. The maximum absolute atomic E-state index is 10.6. The lowest BCUT2D eigenvalue weighted by Crippen LogP contribution is -2.43. The second-order valence-electron chi connectivity index (χ2n) is 5.74. The minimum Gasteiger partial charge on any atom is -0.478 e. The van der Waals surface area contributed by atoms with Crippen LogP contribution < -0.4 is 4.90 Å². The van der Waals surface area contributed by atoms with E-state index in [1.165, 1.54) is 11.8 Å². The summed E-state index contributed by atoms with van der Waals surface area (Å²) in [5.74, 6) is 0.232. The molecule has 20 heavy (non-hydrogen) atoms. The first-order valence-electron chi connectivity index (χ1n) is 6.78. The highest BCUT2D eigenvalue weighted by atomic mass is 32.2. The van der Waals surface area contributed by atoms with E-state index in [1.54, 1.807) is 6.08 Å². The number of hydrogen-bond donors (Lipinski definition) is 1. The zero-order valence-corrected chi connectivity index (χ0v) is 13.0. The van der Waals surface area contributed by atoms with Crippen molar-refractivity contribution in [2.75, 3.05) is 23.7 Å². The molecule has 0 amide bonds. The third kappa shape index (κ3) is 3.79. The standard InChI is InChI=1S/C16H21NO2S/c1-12-10-14(6-4-13(12)5-7-15(18)19)17-8-9-20-16(2,3)11-17/h4-7,10H,8-9,11H2,1-3H3,(H,18,19)/b7-5+. The Balaban J connectivity index is 2.18. The smallest absolute Gasteiger partial charge is 0.328 e. The van der Waals surface area contributed by atoms with E-state index in [1.807, 2.05) is 24.8 Å². The molecule has 1 N–H and O–H groups in total. The lowest BCUT2D eigenvalue weighted by Gasteiger charge is -2.39. The van der Waals surface area contributed by atoms with E-state index >= 15 is 0 Å². The first-order chi connectivity index (χ1) is 9.37. The maximum Gasteiger partial charge on any atom is 0.328 e. The van der Waals surface area contributed by atoms with Gasteiger partial charge >= 0.3 is 5.97 Å². The van der Waals surface area contributed by atoms with Crippen LogP contribution in [0, 0.1) is 6.92 Å². The van der Waals surface area contributed by atoms with Crippen molar-refractivity contribution in [3.8, 4) is 0 Å². The molecule has 0 radical (unpaired) electrons. The second kappa shape index (κ2) is 5.92. The Morgan fingerprint density at radius 3 is 2.80 bits per heavy atom. The molecule has 1 aromatic carbocycles. The summed E-state index contributed by atoms with van der Waals surface area (Å²) < 4.78 is 0.286. The van der Waals surface area contributed by atoms with Crippen LogP contribution in [0.3, 0.4) is 0 Å². The Hall–Kier alpha value is -1.42. The van der Waals surface area contributed by atoms with Gasteiger partial charge in [-0.05, 0) is 50.1 Å². The molecule has 1 aliphatic heterocycles. The van der Waals surface area contributed by atoms with Gasteiger partial charge in [0.1, 0.15) is 0 Å². The lowest BCUT2D eigenvalue weighted by atomic mass is 10.1. The molecule has 2 rings (SSSR count). The van der Waals surface area contributed by atoms with Crippen LogP contribution in [0.1, 0.15) is 25.0 Å². The van der Waals surface area contributed by atoms with Crippen molar-refractivity contribution in [3.63, 3.8) is 0 Å². The van der Waals surface area contributed by atoms with Crippen LogP contribution in [-0.2, 0) is 4.79 Å². The molecule has 1 aromatic rings. The van der Waals surface area contributed by atoms with E-state index in [0.717, 1.165) is 30.0 Å². The van der Waals surface area contributed by atoms with E-state index in [9.17, 15) is 4.79 Å². The molecule has 0 spiro atoms. The fraction of sp³-hybridized carbons (Fsp3) is 0.438. The fourth-order valence-corrected chi connectivity index (χ4v) is 3.55. The van der Waals surface area contributed by atoms with E-state index in [0.29, 0.717) is 0 Å². The number of carboxylic acid groups (broad SMARTS) is 1. The fourth-order valence-electron chi connectivity index (χ4n) is 2.44. The number of benzene rings is 1. The van der Waals surface area contributed by atoms with Crippen LogP contribution >= 0.6 is 11.8 Å². The Labute approximate surface area is 124 Å². The molecule has 1 aliphatic rings. The van der Waals surface area contributed by atoms with Crippen molar-refractivity contribution in [2.24, 2.45) is 0 Å². The molecule has 1 saturated heterocycles. The molecule has 4 heteroatoms. The van der Waals surface area contributed by atoms with Crippen LogP contribution in [0.2, 0.25) is 0 Å². The predicted octanol–water partition coefficient (Wildman–Crippen LogP) is 3.42. The summed E-state index contributed by atoms with van der Waals surface area (Å²) in [6.07, 6.45) is 2.83. The van der Waals surface area contributed by atoms with Gasteiger partial charge in [0.15, 0.2) is 0 Å². The third-order valence-electron chi connectivity index (χ3n) is 3.45. The van der Waals surface area contributed by atoms with Gasteiger partial charge in [-0.1, -0.05) is 6.07 Å². The molecule has 0 aliphatic carbocycles. The zero-order valence-electron chi connectivity index (χ0n) is 12.2. The minimum absolute atomic E-state index is 0.286. The van der Waals surface area contributed by atoms with Crippen LogP contribution in [0.4, 0.5) is 5.69 Å². The van der Waals surface area contributed by atoms with Crippen LogP contribution in [-0.4, -0.2) is 34.7 Å². The normalized spacial score (nSPS) is 18.4. The summed E-state index contributed by atoms with van der Waals surface area (Å²) >= 11 is 2.02. The summed E-state index contributed by atoms with van der Waals surface area (Å²) in [6, 6.07) is 6.23. The Bertz CT molecular complexity index is 537. The van der Waals surface area contributed by atoms with Gasteiger partial charge in [-0.3, -0.25) is 0 Å². The first kappa shape index (κ1) is 15.0. The molecule has 0 aromatic heterocycles. The van der Waals surface area contributed by atoms with Crippen molar-refractivity contribution < 1.29 is 9.90 Å². The molecular weight excluding hydrogens is 270 g/mol. The topological polar surface area (TPSA) is 40.5 Å². The number of hydrogen-bond acceptors (Lipinski definition) is 3. The number of thioether (sulfide) groups is 1. The molecule has 0 saturated carbocycles. The largest absolute Gasteiger partial charge is 0.478 e. The van der Waals surface area contributed by atoms with Gasteiger partial charge in [0.05, 0.1) is 0 Å². The predicted molar refractivity (Wildman–Crippen MR) is 86.6 cm³/mol. The molecule has 3 nitrogen and oxygen atoms in total. The number of aliphatic carboxylic acids is 1. The van der Waals surface area contributed by atoms with E-state index in [2.05, 4.69) is 30.9 Å². The van der Waals surface area contributed by atoms with Crippen molar-refractivity contribution >= 4 is 29.5 Å². The second-order valence-corrected chi connectivity index (χ2v) is 7.54. The van der Waals surface area contributed by atoms with Gasteiger partial charge in [-0.15, -0.1) is 0 Å². The first-order valence-corrected chi connectivity index (χ1v) is 7.76. The van der Waals surface area contributed by atoms with E-state index < -0.39 is 5.97 Å².